The Morgan fingerprint density at radius 2 is 2.12 bits per heavy atom. The van der Waals surface area contributed by atoms with Crippen LogP contribution in [0.2, 0.25) is 10.0 Å². The Morgan fingerprint density at radius 1 is 1.35 bits per heavy atom. The maximum atomic E-state index is 11.9. The van der Waals surface area contributed by atoms with Gasteiger partial charge in [-0.25, -0.2) is 4.98 Å². The highest BCUT2D eigenvalue weighted by atomic mass is 35.5. The van der Waals surface area contributed by atoms with Gasteiger partial charge in [-0.1, -0.05) is 23.2 Å². The van der Waals surface area contributed by atoms with Gasteiger partial charge in [0.2, 0.25) is 0 Å². The van der Waals surface area contributed by atoms with Gasteiger partial charge < -0.3 is 5.73 Å². The summed E-state index contributed by atoms with van der Waals surface area (Å²) >= 11 is 12.9. The number of halogens is 2. The minimum Gasteiger partial charge on any atom is -0.375 e. The summed E-state index contributed by atoms with van der Waals surface area (Å²) in [7, 11) is 0. The second kappa shape index (κ2) is 5.04. The number of rotatable bonds is 3. The van der Waals surface area contributed by atoms with Gasteiger partial charge in [0.15, 0.2) is 10.9 Å². The van der Waals surface area contributed by atoms with Crippen LogP contribution in [0.1, 0.15) is 16.1 Å². The van der Waals surface area contributed by atoms with Crippen molar-refractivity contribution >= 4 is 45.5 Å². The standard InChI is InChI=1S/C11H8Cl2N2OS/c12-8-2-1-6(3-9(8)13)10(16)4-7-5-17-11(14)15-7/h1-3,5H,4H2,(H2,14,15). The number of Topliss-reactive ketones (excluding diaryl/α,β-unsaturated/α-hetero) is 1. The number of hydrogen-bond acceptors (Lipinski definition) is 4. The van der Waals surface area contributed by atoms with Crippen molar-refractivity contribution < 1.29 is 4.79 Å². The Bertz CT molecular complexity index is 568. The van der Waals surface area contributed by atoms with E-state index >= 15 is 0 Å². The molecule has 2 N–H and O–H groups in total. The molecule has 2 rings (SSSR count). The van der Waals surface area contributed by atoms with Crippen LogP contribution in [0.5, 0.6) is 0 Å². The second-order valence-electron chi connectivity index (χ2n) is 3.41. The third kappa shape index (κ3) is 2.97. The zero-order chi connectivity index (χ0) is 12.4. The predicted molar refractivity (Wildman–Crippen MR) is 71.0 cm³/mol. The number of anilines is 1. The number of benzene rings is 1. The van der Waals surface area contributed by atoms with Crippen LogP contribution in [0, 0.1) is 0 Å². The lowest BCUT2D eigenvalue weighted by atomic mass is 10.1. The molecular weight excluding hydrogens is 279 g/mol. The molecule has 0 aliphatic carbocycles. The largest absolute Gasteiger partial charge is 0.375 e. The Morgan fingerprint density at radius 3 is 2.71 bits per heavy atom. The quantitative estimate of drug-likeness (QED) is 0.879. The highest BCUT2D eigenvalue weighted by molar-refractivity contribution is 7.13. The van der Waals surface area contributed by atoms with E-state index in [1.165, 1.54) is 11.3 Å². The molecule has 1 aromatic heterocycles. The van der Waals surface area contributed by atoms with Crippen molar-refractivity contribution in [1.82, 2.24) is 4.98 Å². The minimum absolute atomic E-state index is 0.0612. The summed E-state index contributed by atoms with van der Waals surface area (Å²) < 4.78 is 0. The smallest absolute Gasteiger partial charge is 0.180 e. The molecule has 0 unspecified atom stereocenters. The van der Waals surface area contributed by atoms with Crippen LogP contribution in [0.25, 0.3) is 0 Å². The van der Waals surface area contributed by atoms with Crippen molar-refractivity contribution in [3.05, 3.63) is 44.9 Å². The van der Waals surface area contributed by atoms with E-state index in [9.17, 15) is 4.79 Å². The summed E-state index contributed by atoms with van der Waals surface area (Å²) in [5.74, 6) is -0.0612. The van der Waals surface area contributed by atoms with Gasteiger partial charge >= 0.3 is 0 Å². The first kappa shape index (κ1) is 12.4. The number of aromatic nitrogens is 1. The number of carbonyl (C=O) groups excluding carboxylic acids is 1. The van der Waals surface area contributed by atoms with E-state index in [0.717, 1.165) is 0 Å². The molecule has 0 fully saturated rings. The molecule has 1 heterocycles. The van der Waals surface area contributed by atoms with Crippen molar-refractivity contribution in [3.63, 3.8) is 0 Å². The Labute approximate surface area is 112 Å². The first-order chi connectivity index (χ1) is 8.06. The summed E-state index contributed by atoms with van der Waals surface area (Å²) in [5.41, 5.74) is 6.68. The fourth-order valence-corrected chi connectivity index (χ4v) is 2.20. The van der Waals surface area contributed by atoms with Crippen molar-refractivity contribution in [3.8, 4) is 0 Å². The SMILES string of the molecule is Nc1nc(CC(=O)c2ccc(Cl)c(Cl)c2)cs1. The maximum Gasteiger partial charge on any atom is 0.180 e. The van der Waals surface area contributed by atoms with Gasteiger partial charge in [-0.15, -0.1) is 11.3 Å². The molecule has 0 aliphatic heterocycles. The lowest BCUT2D eigenvalue weighted by molar-refractivity contribution is 0.0992. The first-order valence-corrected chi connectivity index (χ1v) is 6.38. The summed E-state index contributed by atoms with van der Waals surface area (Å²) in [6.07, 6.45) is 0.214. The Balaban J connectivity index is 2.17. The van der Waals surface area contributed by atoms with E-state index < -0.39 is 0 Å². The number of hydrogen-bond donors (Lipinski definition) is 1. The number of thiazole rings is 1. The van der Waals surface area contributed by atoms with Crippen LogP contribution in [0.3, 0.4) is 0 Å². The highest BCUT2D eigenvalue weighted by Crippen LogP contribution is 2.23. The van der Waals surface area contributed by atoms with Gasteiger partial charge in [0.05, 0.1) is 22.2 Å². The van der Waals surface area contributed by atoms with Crippen LogP contribution in [0.15, 0.2) is 23.6 Å². The monoisotopic (exact) mass is 286 g/mol. The topological polar surface area (TPSA) is 56.0 Å². The Kier molecular flexibility index (Phi) is 3.66. The van der Waals surface area contributed by atoms with Crippen LogP contribution < -0.4 is 5.73 Å². The molecule has 2 aromatic rings. The zero-order valence-electron chi connectivity index (χ0n) is 8.61. The maximum absolute atomic E-state index is 11.9. The average molecular weight is 287 g/mol. The van der Waals surface area contributed by atoms with Crippen molar-refractivity contribution in [2.75, 3.05) is 5.73 Å². The molecule has 0 radical (unpaired) electrons. The molecule has 1 aromatic carbocycles. The molecule has 0 aliphatic rings. The van der Waals surface area contributed by atoms with Gasteiger partial charge in [0.25, 0.3) is 0 Å². The predicted octanol–water partition coefficient (Wildman–Crippen LogP) is 3.46. The molecule has 0 amide bonds. The molecule has 0 saturated heterocycles. The molecule has 6 heteroatoms. The average Bonchev–Trinajstić information content (AvgIpc) is 2.68. The van der Waals surface area contributed by atoms with Crippen molar-refractivity contribution in [1.29, 1.82) is 0 Å². The molecule has 0 spiro atoms. The van der Waals surface area contributed by atoms with Crippen molar-refractivity contribution in [2.45, 2.75) is 6.42 Å². The summed E-state index contributed by atoms with van der Waals surface area (Å²) in [6.45, 7) is 0. The van der Waals surface area contributed by atoms with E-state index in [-0.39, 0.29) is 12.2 Å². The van der Waals surface area contributed by atoms with E-state index in [4.69, 9.17) is 28.9 Å². The van der Waals surface area contributed by atoms with Gasteiger partial charge in [-0.05, 0) is 18.2 Å². The molecule has 0 bridgehead atoms. The summed E-state index contributed by atoms with van der Waals surface area (Å²) in [6, 6.07) is 4.81. The third-order valence-electron chi connectivity index (χ3n) is 2.15. The van der Waals surface area contributed by atoms with E-state index in [1.807, 2.05) is 0 Å². The number of ketones is 1. The van der Waals surface area contributed by atoms with Gasteiger partial charge in [-0.2, -0.15) is 0 Å². The first-order valence-electron chi connectivity index (χ1n) is 4.74. The van der Waals surface area contributed by atoms with E-state index in [1.54, 1.807) is 23.6 Å². The van der Waals surface area contributed by atoms with Crippen molar-refractivity contribution in [2.24, 2.45) is 0 Å². The lowest BCUT2D eigenvalue weighted by Crippen LogP contribution is -2.04. The fraction of sp³-hybridized carbons (Fsp3) is 0.0909. The molecule has 88 valence electrons. The van der Waals surface area contributed by atoms with Gasteiger partial charge in [0.1, 0.15) is 0 Å². The number of nitrogen functional groups attached to an aromatic ring is 1. The van der Waals surface area contributed by atoms with Crippen LogP contribution in [-0.2, 0) is 6.42 Å². The summed E-state index contributed by atoms with van der Waals surface area (Å²) in [5, 5.41) is 3.03. The number of carbonyl (C=O) groups is 1. The van der Waals surface area contributed by atoms with Gasteiger partial charge in [0, 0.05) is 10.9 Å². The summed E-state index contributed by atoms with van der Waals surface area (Å²) in [4.78, 5) is 15.9. The molecular formula is C11H8Cl2N2OS. The fourth-order valence-electron chi connectivity index (χ4n) is 1.34. The van der Waals surface area contributed by atoms with Crippen LogP contribution in [0.4, 0.5) is 5.13 Å². The Hall–Kier alpha value is -1.10. The number of nitrogens with two attached hydrogens (primary N) is 1. The zero-order valence-corrected chi connectivity index (χ0v) is 10.9. The third-order valence-corrected chi connectivity index (χ3v) is 3.61. The number of nitrogens with zero attached hydrogens (tertiary/aromatic N) is 1. The molecule has 0 saturated carbocycles. The second-order valence-corrected chi connectivity index (χ2v) is 5.11. The van der Waals surface area contributed by atoms with E-state index in [2.05, 4.69) is 4.98 Å². The van der Waals surface area contributed by atoms with Crippen LogP contribution >= 0.6 is 34.5 Å². The van der Waals surface area contributed by atoms with Crippen LogP contribution in [-0.4, -0.2) is 10.8 Å². The molecule has 0 atom stereocenters. The lowest BCUT2D eigenvalue weighted by Gasteiger charge is -2.01. The molecule has 3 nitrogen and oxygen atoms in total. The van der Waals surface area contributed by atoms with E-state index in [0.29, 0.717) is 26.4 Å². The van der Waals surface area contributed by atoms with Gasteiger partial charge in [-0.3, -0.25) is 4.79 Å². The normalized spacial score (nSPS) is 10.5. The highest BCUT2D eigenvalue weighted by Gasteiger charge is 2.11. The minimum atomic E-state index is -0.0612. The molecule has 17 heavy (non-hydrogen) atoms.